The van der Waals surface area contributed by atoms with E-state index in [4.69, 9.17) is 4.74 Å². The van der Waals surface area contributed by atoms with Crippen LogP contribution in [0, 0.1) is 0 Å². The van der Waals surface area contributed by atoms with Crippen molar-refractivity contribution in [1.29, 1.82) is 0 Å². The Kier molecular flexibility index (Phi) is 5.83. The standard InChI is InChI=1S/C22H28N4O3/c1-29-19-8-5-17(6-9-19)7-10-21(27)24-12-14-25(15-13-24)22(28)20-16-18-4-2-3-11-26(18)23-20/h5-6,8-9,16H,2-4,7,10-15H2,1H3. The molecular formula is C22H28N4O3. The number of fused-ring (bicyclic) bond motifs is 1. The summed E-state index contributed by atoms with van der Waals surface area (Å²) in [5.74, 6) is 0.946. The van der Waals surface area contributed by atoms with Gasteiger partial charge in [0.25, 0.3) is 5.91 Å². The molecule has 4 rings (SSSR count). The lowest BCUT2D eigenvalue weighted by Gasteiger charge is -2.34. The summed E-state index contributed by atoms with van der Waals surface area (Å²) in [6.45, 7) is 3.20. The maximum absolute atomic E-state index is 12.8. The smallest absolute Gasteiger partial charge is 0.274 e. The van der Waals surface area contributed by atoms with Crippen molar-refractivity contribution >= 4 is 11.8 Å². The Hall–Kier alpha value is -2.83. The van der Waals surface area contributed by atoms with Gasteiger partial charge in [0.2, 0.25) is 5.91 Å². The lowest BCUT2D eigenvalue weighted by molar-refractivity contribution is -0.132. The number of rotatable bonds is 5. The third-order valence-electron chi connectivity index (χ3n) is 5.84. The fourth-order valence-electron chi connectivity index (χ4n) is 4.05. The molecule has 0 spiro atoms. The van der Waals surface area contributed by atoms with Gasteiger partial charge in [0.1, 0.15) is 5.75 Å². The predicted molar refractivity (Wildman–Crippen MR) is 109 cm³/mol. The highest BCUT2D eigenvalue weighted by Crippen LogP contribution is 2.18. The molecule has 0 unspecified atom stereocenters. The van der Waals surface area contributed by atoms with Crippen LogP contribution in [0.4, 0.5) is 0 Å². The van der Waals surface area contributed by atoms with E-state index >= 15 is 0 Å². The number of aromatic nitrogens is 2. The molecule has 1 fully saturated rings. The molecule has 0 saturated carbocycles. The summed E-state index contributed by atoms with van der Waals surface area (Å²) in [5.41, 5.74) is 2.82. The maximum Gasteiger partial charge on any atom is 0.274 e. The first-order valence-electron chi connectivity index (χ1n) is 10.4. The lowest BCUT2D eigenvalue weighted by Crippen LogP contribution is -2.50. The number of amides is 2. The third kappa shape index (κ3) is 4.44. The molecule has 1 aromatic heterocycles. The van der Waals surface area contributed by atoms with Crippen LogP contribution >= 0.6 is 0 Å². The van der Waals surface area contributed by atoms with Gasteiger partial charge in [0, 0.05) is 44.8 Å². The normalized spacial score (nSPS) is 16.4. The van der Waals surface area contributed by atoms with E-state index in [1.54, 1.807) is 7.11 Å². The summed E-state index contributed by atoms with van der Waals surface area (Å²) in [7, 11) is 1.64. The molecule has 3 heterocycles. The van der Waals surface area contributed by atoms with E-state index in [-0.39, 0.29) is 11.8 Å². The number of carbonyl (C=O) groups is 2. The molecule has 2 aliphatic heterocycles. The SMILES string of the molecule is COc1ccc(CCC(=O)N2CCN(C(=O)c3cc4n(n3)CCCC4)CC2)cc1. The Balaban J connectivity index is 1.26. The van der Waals surface area contributed by atoms with Crippen molar-refractivity contribution in [2.24, 2.45) is 0 Å². The van der Waals surface area contributed by atoms with Gasteiger partial charge in [-0.3, -0.25) is 14.3 Å². The molecule has 2 aromatic rings. The van der Waals surface area contributed by atoms with E-state index in [2.05, 4.69) is 5.10 Å². The van der Waals surface area contributed by atoms with E-state index < -0.39 is 0 Å². The van der Waals surface area contributed by atoms with E-state index in [0.717, 1.165) is 42.8 Å². The van der Waals surface area contributed by atoms with Crippen molar-refractivity contribution in [3.8, 4) is 5.75 Å². The van der Waals surface area contributed by atoms with Gasteiger partial charge in [-0.2, -0.15) is 5.10 Å². The largest absolute Gasteiger partial charge is 0.497 e. The van der Waals surface area contributed by atoms with Crippen LogP contribution in [0.15, 0.2) is 30.3 Å². The number of hydrogen-bond donors (Lipinski definition) is 0. The number of ether oxygens (including phenoxy) is 1. The van der Waals surface area contributed by atoms with Crippen LogP contribution in [-0.2, 0) is 24.2 Å². The average Bonchev–Trinajstić information content (AvgIpc) is 3.22. The van der Waals surface area contributed by atoms with Crippen LogP contribution in [0.1, 0.15) is 41.0 Å². The molecule has 2 aliphatic rings. The van der Waals surface area contributed by atoms with Gasteiger partial charge in [0.05, 0.1) is 7.11 Å². The number of carbonyl (C=O) groups excluding carboxylic acids is 2. The highest BCUT2D eigenvalue weighted by atomic mass is 16.5. The van der Waals surface area contributed by atoms with Crippen molar-refractivity contribution in [2.75, 3.05) is 33.3 Å². The summed E-state index contributed by atoms with van der Waals surface area (Å²) in [6, 6.07) is 9.75. The molecule has 0 radical (unpaired) electrons. The molecule has 29 heavy (non-hydrogen) atoms. The van der Waals surface area contributed by atoms with Crippen molar-refractivity contribution in [1.82, 2.24) is 19.6 Å². The summed E-state index contributed by atoms with van der Waals surface area (Å²) >= 11 is 0. The van der Waals surface area contributed by atoms with Gasteiger partial charge in [-0.25, -0.2) is 0 Å². The fourth-order valence-corrected chi connectivity index (χ4v) is 4.05. The minimum absolute atomic E-state index is 0.0165. The molecule has 1 aromatic carbocycles. The Morgan fingerprint density at radius 1 is 1.00 bits per heavy atom. The highest BCUT2D eigenvalue weighted by Gasteiger charge is 2.27. The Morgan fingerprint density at radius 3 is 2.41 bits per heavy atom. The van der Waals surface area contributed by atoms with Gasteiger partial charge in [-0.1, -0.05) is 12.1 Å². The van der Waals surface area contributed by atoms with E-state index in [9.17, 15) is 9.59 Å². The first-order valence-corrected chi connectivity index (χ1v) is 10.4. The van der Waals surface area contributed by atoms with Gasteiger partial charge >= 0.3 is 0 Å². The Morgan fingerprint density at radius 2 is 1.72 bits per heavy atom. The van der Waals surface area contributed by atoms with Gasteiger partial charge in [0.15, 0.2) is 5.69 Å². The number of aryl methyl sites for hydroxylation is 3. The minimum Gasteiger partial charge on any atom is -0.497 e. The van der Waals surface area contributed by atoms with Gasteiger partial charge in [-0.05, 0) is 49.4 Å². The maximum atomic E-state index is 12.8. The monoisotopic (exact) mass is 396 g/mol. The molecule has 0 aliphatic carbocycles. The average molecular weight is 396 g/mol. The fraction of sp³-hybridized carbons (Fsp3) is 0.500. The van der Waals surface area contributed by atoms with Crippen LogP contribution in [-0.4, -0.2) is 64.7 Å². The van der Waals surface area contributed by atoms with E-state index in [0.29, 0.717) is 44.7 Å². The number of methoxy groups -OCH3 is 1. The number of piperazine rings is 1. The van der Waals surface area contributed by atoms with Crippen molar-refractivity contribution in [2.45, 2.75) is 38.6 Å². The first-order chi connectivity index (χ1) is 14.1. The topological polar surface area (TPSA) is 67.7 Å². The Bertz CT molecular complexity index is 843. The molecule has 7 heteroatoms. The zero-order valence-corrected chi connectivity index (χ0v) is 17.0. The number of hydrogen-bond acceptors (Lipinski definition) is 4. The molecule has 7 nitrogen and oxygen atoms in total. The second kappa shape index (κ2) is 8.68. The number of nitrogens with zero attached hydrogens (tertiary/aromatic N) is 4. The molecule has 0 N–H and O–H groups in total. The van der Waals surface area contributed by atoms with Crippen molar-refractivity contribution in [3.63, 3.8) is 0 Å². The minimum atomic E-state index is -0.0165. The van der Waals surface area contributed by atoms with Crippen LogP contribution < -0.4 is 4.74 Å². The lowest BCUT2D eigenvalue weighted by atomic mass is 10.1. The molecular weight excluding hydrogens is 368 g/mol. The third-order valence-corrected chi connectivity index (χ3v) is 5.84. The summed E-state index contributed by atoms with van der Waals surface area (Å²) in [4.78, 5) is 29.0. The summed E-state index contributed by atoms with van der Waals surface area (Å²) in [6.07, 6.45) is 4.48. The zero-order valence-electron chi connectivity index (χ0n) is 17.0. The van der Waals surface area contributed by atoms with Crippen molar-refractivity contribution in [3.05, 3.63) is 47.3 Å². The van der Waals surface area contributed by atoms with E-state index in [1.807, 2.05) is 44.8 Å². The summed E-state index contributed by atoms with van der Waals surface area (Å²) < 4.78 is 7.13. The second-order valence-corrected chi connectivity index (χ2v) is 7.72. The van der Waals surface area contributed by atoms with Crippen LogP contribution in [0.3, 0.4) is 0 Å². The zero-order chi connectivity index (χ0) is 20.2. The highest BCUT2D eigenvalue weighted by molar-refractivity contribution is 5.92. The van der Waals surface area contributed by atoms with Crippen LogP contribution in [0.2, 0.25) is 0 Å². The molecule has 0 atom stereocenters. The first kappa shape index (κ1) is 19.5. The van der Waals surface area contributed by atoms with Crippen molar-refractivity contribution < 1.29 is 14.3 Å². The molecule has 154 valence electrons. The van der Waals surface area contributed by atoms with E-state index in [1.165, 1.54) is 0 Å². The molecule has 2 amide bonds. The molecule has 1 saturated heterocycles. The quantitative estimate of drug-likeness (QED) is 0.777. The summed E-state index contributed by atoms with van der Waals surface area (Å²) in [5, 5.41) is 4.49. The van der Waals surface area contributed by atoms with Crippen LogP contribution in [0.5, 0.6) is 5.75 Å². The Labute approximate surface area is 171 Å². The van der Waals surface area contributed by atoms with Gasteiger partial charge < -0.3 is 14.5 Å². The molecule has 0 bridgehead atoms. The predicted octanol–water partition coefficient (Wildman–Crippen LogP) is 2.15. The number of benzene rings is 1. The van der Waals surface area contributed by atoms with Crippen LogP contribution in [0.25, 0.3) is 0 Å². The second-order valence-electron chi connectivity index (χ2n) is 7.72. The van der Waals surface area contributed by atoms with Gasteiger partial charge in [-0.15, -0.1) is 0 Å².